The minimum atomic E-state index is 0.178. The number of aryl methyl sites for hydroxylation is 1. The molecule has 3 heteroatoms. The molecule has 0 saturated heterocycles. The average Bonchev–Trinajstić information content (AvgIpc) is 2.03. The van der Waals surface area contributed by atoms with Gasteiger partial charge < -0.3 is 11.1 Å². The van der Waals surface area contributed by atoms with Crippen molar-refractivity contribution in [3.05, 3.63) is 24.0 Å². The van der Waals surface area contributed by atoms with Gasteiger partial charge in [-0.2, -0.15) is 0 Å². The zero-order valence-electron chi connectivity index (χ0n) is 7.54. The van der Waals surface area contributed by atoms with Crippen molar-refractivity contribution >= 4 is 5.69 Å². The maximum atomic E-state index is 5.61. The summed E-state index contributed by atoms with van der Waals surface area (Å²) < 4.78 is 0. The van der Waals surface area contributed by atoms with Crippen molar-refractivity contribution in [2.45, 2.75) is 19.9 Å². The summed E-state index contributed by atoms with van der Waals surface area (Å²) in [7, 11) is 0. The Kier molecular flexibility index (Phi) is 3.05. The number of pyridine rings is 1. The largest absolute Gasteiger partial charge is 0.383 e. The number of rotatable bonds is 3. The molecule has 1 atom stereocenters. The Morgan fingerprint density at radius 3 is 3.00 bits per heavy atom. The second-order valence-electron chi connectivity index (χ2n) is 3.05. The van der Waals surface area contributed by atoms with Crippen molar-refractivity contribution in [3.8, 4) is 0 Å². The number of aromatic nitrogens is 1. The molecule has 1 rings (SSSR count). The minimum Gasteiger partial charge on any atom is -0.383 e. The van der Waals surface area contributed by atoms with Crippen molar-refractivity contribution in [2.24, 2.45) is 5.73 Å². The summed E-state index contributed by atoms with van der Waals surface area (Å²) >= 11 is 0. The van der Waals surface area contributed by atoms with Crippen LogP contribution in [0.15, 0.2) is 18.5 Å². The lowest BCUT2D eigenvalue weighted by molar-refractivity contribution is 0.779. The van der Waals surface area contributed by atoms with Gasteiger partial charge in [0.2, 0.25) is 0 Å². The third-order valence-electron chi connectivity index (χ3n) is 1.63. The van der Waals surface area contributed by atoms with Gasteiger partial charge in [-0.1, -0.05) is 0 Å². The predicted molar refractivity (Wildman–Crippen MR) is 51.1 cm³/mol. The maximum absolute atomic E-state index is 5.61. The van der Waals surface area contributed by atoms with Crippen LogP contribution in [0.3, 0.4) is 0 Å². The first kappa shape index (κ1) is 9.00. The van der Waals surface area contributed by atoms with E-state index in [4.69, 9.17) is 5.73 Å². The van der Waals surface area contributed by atoms with E-state index in [9.17, 15) is 0 Å². The number of anilines is 1. The molecule has 0 bridgehead atoms. The third kappa shape index (κ3) is 2.51. The fraction of sp³-hybridized carbons (Fsp3) is 0.444. The smallest absolute Gasteiger partial charge is 0.0401 e. The van der Waals surface area contributed by atoms with Crippen LogP contribution in [0.5, 0.6) is 0 Å². The fourth-order valence-electron chi connectivity index (χ4n) is 0.943. The third-order valence-corrected chi connectivity index (χ3v) is 1.63. The van der Waals surface area contributed by atoms with Gasteiger partial charge in [-0.25, -0.2) is 0 Å². The van der Waals surface area contributed by atoms with Crippen molar-refractivity contribution in [2.75, 3.05) is 11.9 Å². The van der Waals surface area contributed by atoms with Crippen molar-refractivity contribution < 1.29 is 0 Å². The first-order valence-corrected chi connectivity index (χ1v) is 4.10. The molecule has 0 aliphatic rings. The molecular formula is C9H15N3. The van der Waals surface area contributed by atoms with Crippen LogP contribution < -0.4 is 11.1 Å². The van der Waals surface area contributed by atoms with Crippen molar-refractivity contribution in [1.82, 2.24) is 4.98 Å². The Morgan fingerprint density at radius 1 is 1.67 bits per heavy atom. The van der Waals surface area contributed by atoms with Gasteiger partial charge in [0.15, 0.2) is 0 Å². The topological polar surface area (TPSA) is 50.9 Å². The molecule has 0 aromatic carbocycles. The molecule has 66 valence electrons. The summed E-state index contributed by atoms with van der Waals surface area (Å²) in [5, 5.41) is 3.25. The summed E-state index contributed by atoms with van der Waals surface area (Å²) in [6.07, 6.45) is 3.61. The van der Waals surface area contributed by atoms with E-state index in [1.54, 1.807) is 6.20 Å². The first-order chi connectivity index (χ1) is 5.70. The Morgan fingerprint density at radius 2 is 2.42 bits per heavy atom. The number of nitrogens with zero attached hydrogens (tertiary/aromatic N) is 1. The Hall–Kier alpha value is -1.09. The molecule has 0 spiro atoms. The van der Waals surface area contributed by atoms with Gasteiger partial charge in [0, 0.05) is 30.7 Å². The Balaban J connectivity index is 2.57. The molecular weight excluding hydrogens is 150 g/mol. The summed E-state index contributed by atoms with van der Waals surface area (Å²) in [6.45, 7) is 4.80. The van der Waals surface area contributed by atoms with E-state index in [0.717, 1.165) is 17.8 Å². The molecule has 12 heavy (non-hydrogen) atoms. The molecule has 0 saturated carbocycles. The average molecular weight is 165 g/mol. The van der Waals surface area contributed by atoms with E-state index in [2.05, 4.69) is 10.3 Å². The van der Waals surface area contributed by atoms with Crippen molar-refractivity contribution in [1.29, 1.82) is 0 Å². The molecule has 3 N–H and O–H groups in total. The first-order valence-electron chi connectivity index (χ1n) is 4.10. The van der Waals surface area contributed by atoms with E-state index in [1.165, 1.54) is 0 Å². The molecule has 0 amide bonds. The lowest BCUT2D eigenvalue weighted by Gasteiger charge is -2.10. The highest BCUT2D eigenvalue weighted by atomic mass is 14.9. The molecule has 0 radical (unpaired) electrons. The van der Waals surface area contributed by atoms with Crippen LogP contribution >= 0.6 is 0 Å². The van der Waals surface area contributed by atoms with E-state index < -0.39 is 0 Å². The van der Waals surface area contributed by atoms with Gasteiger partial charge in [0.1, 0.15) is 0 Å². The molecule has 1 aromatic heterocycles. The van der Waals surface area contributed by atoms with Crippen molar-refractivity contribution in [3.63, 3.8) is 0 Å². The lowest BCUT2D eigenvalue weighted by Crippen LogP contribution is -2.25. The van der Waals surface area contributed by atoms with Crippen LogP contribution in [0.25, 0.3) is 0 Å². The van der Waals surface area contributed by atoms with Gasteiger partial charge in [0.25, 0.3) is 0 Å². The van der Waals surface area contributed by atoms with E-state index >= 15 is 0 Å². The maximum Gasteiger partial charge on any atom is 0.0401 e. The van der Waals surface area contributed by atoms with Gasteiger partial charge in [-0.15, -0.1) is 0 Å². The molecule has 3 nitrogen and oxygen atoms in total. The van der Waals surface area contributed by atoms with Gasteiger partial charge >= 0.3 is 0 Å². The normalized spacial score (nSPS) is 12.6. The molecule has 1 heterocycles. The van der Waals surface area contributed by atoms with Crippen LogP contribution in [0.4, 0.5) is 5.69 Å². The monoisotopic (exact) mass is 165 g/mol. The van der Waals surface area contributed by atoms with Crippen LogP contribution in [0.1, 0.15) is 12.5 Å². The molecule has 1 unspecified atom stereocenters. The highest BCUT2D eigenvalue weighted by molar-refractivity contribution is 5.48. The molecule has 0 fully saturated rings. The quantitative estimate of drug-likeness (QED) is 0.706. The summed E-state index contributed by atoms with van der Waals surface area (Å²) in [6, 6.07) is 2.13. The minimum absolute atomic E-state index is 0.178. The van der Waals surface area contributed by atoms with Gasteiger partial charge in [-0.05, 0) is 25.5 Å². The number of hydrogen-bond acceptors (Lipinski definition) is 3. The fourth-order valence-corrected chi connectivity index (χ4v) is 0.943. The standard InChI is InChI=1S/C9H15N3/c1-7-5-11-4-3-9(7)12-6-8(2)10/h3-5,8H,6,10H2,1-2H3,(H,11,12). The Labute approximate surface area is 73.0 Å². The van der Waals surface area contributed by atoms with E-state index in [0.29, 0.717) is 0 Å². The van der Waals surface area contributed by atoms with E-state index in [-0.39, 0.29) is 6.04 Å². The molecule has 1 aromatic rings. The second kappa shape index (κ2) is 4.07. The summed E-state index contributed by atoms with van der Waals surface area (Å²) in [5.41, 5.74) is 7.88. The SMILES string of the molecule is Cc1cnccc1NCC(C)N. The highest BCUT2D eigenvalue weighted by Gasteiger charge is 1.97. The highest BCUT2D eigenvalue weighted by Crippen LogP contribution is 2.10. The molecule has 0 aliphatic heterocycles. The van der Waals surface area contributed by atoms with Gasteiger partial charge in [0.05, 0.1) is 0 Å². The zero-order chi connectivity index (χ0) is 8.97. The second-order valence-corrected chi connectivity index (χ2v) is 3.05. The lowest BCUT2D eigenvalue weighted by atomic mass is 10.2. The van der Waals surface area contributed by atoms with Crippen LogP contribution in [-0.2, 0) is 0 Å². The summed E-state index contributed by atoms with van der Waals surface area (Å²) in [4.78, 5) is 4.00. The van der Waals surface area contributed by atoms with Crippen LogP contribution in [-0.4, -0.2) is 17.6 Å². The number of hydrogen-bond donors (Lipinski definition) is 2. The van der Waals surface area contributed by atoms with E-state index in [1.807, 2.05) is 26.1 Å². The predicted octanol–water partition coefficient (Wildman–Crippen LogP) is 1.15. The number of nitrogens with one attached hydrogen (secondary N) is 1. The summed E-state index contributed by atoms with van der Waals surface area (Å²) in [5.74, 6) is 0. The van der Waals surface area contributed by atoms with Gasteiger partial charge in [-0.3, -0.25) is 4.98 Å². The van der Waals surface area contributed by atoms with Crippen LogP contribution in [0, 0.1) is 6.92 Å². The zero-order valence-corrected chi connectivity index (χ0v) is 7.54. The number of nitrogens with two attached hydrogens (primary N) is 1. The Bertz CT molecular complexity index is 245. The molecule has 0 aliphatic carbocycles. The van der Waals surface area contributed by atoms with Crippen LogP contribution in [0.2, 0.25) is 0 Å².